The summed E-state index contributed by atoms with van der Waals surface area (Å²) in [6.07, 6.45) is 32.5. The lowest BCUT2D eigenvalue weighted by molar-refractivity contribution is 0.133. The van der Waals surface area contributed by atoms with Gasteiger partial charge in [0.05, 0.1) is 23.6 Å². The Labute approximate surface area is 623 Å². The fourth-order valence-corrected chi connectivity index (χ4v) is 28.1. The lowest BCUT2D eigenvalue weighted by Crippen LogP contribution is -2.43. The topological polar surface area (TPSA) is 40.6 Å². The minimum Gasteiger partial charge on any atom is -0.365 e. The highest BCUT2D eigenvalue weighted by atomic mass is 31.1. The molecule has 0 bridgehead atoms. The second kappa shape index (κ2) is 39.8. The maximum Gasteiger partial charge on any atom is 0.130 e. The van der Waals surface area contributed by atoms with E-state index in [2.05, 4.69) is 288 Å². The SMILES string of the molecule is CC(C)C1CC[C@H](C(C)C)N1CCc1ccccc1N1C(C(C)C)CC[C@@H]1C(C)C.CC(C)[C@@H]1CN=C(c2ccccc2N(c2ccccc2)c2ccccc2)N1.CCC1CCC(CC)P1CCP1C(CC)CCC1CC.CCC1CC[C@H](CC)N1c1ccccc1N1C(CC)CC[C@@H]1CC. The smallest absolute Gasteiger partial charge is 0.130 e. The van der Waals surface area contributed by atoms with Crippen molar-refractivity contribution in [1.82, 2.24) is 10.2 Å². The van der Waals surface area contributed by atoms with Crippen molar-refractivity contribution in [2.75, 3.05) is 45.0 Å². The van der Waals surface area contributed by atoms with Crippen LogP contribution in [0, 0.1) is 29.6 Å². The number of amidine groups is 1. The number of aliphatic imine (C=N–C) groups is 1. The summed E-state index contributed by atoms with van der Waals surface area (Å²) in [6.45, 7) is 45.0. The van der Waals surface area contributed by atoms with E-state index in [1.165, 1.54) is 133 Å². The summed E-state index contributed by atoms with van der Waals surface area (Å²) in [7, 11) is 0.759. The maximum atomic E-state index is 4.82. The predicted molar refractivity (Wildman–Crippen MR) is 451 cm³/mol. The minimum absolute atomic E-state index is 0.380. The summed E-state index contributed by atoms with van der Waals surface area (Å²) in [5.74, 6) is 4.45. The average molecular weight is 1410 g/mol. The van der Waals surface area contributed by atoms with E-state index in [4.69, 9.17) is 4.99 Å². The Hall–Kier alpha value is -4.41. The van der Waals surface area contributed by atoms with Crippen LogP contribution in [0.4, 0.5) is 34.1 Å². The van der Waals surface area contributed by atoms with Gasteiger partial charge in [-0.25, -0.2) is 0 Å². The van der Waals surface area contributed by atoms with Gasteiger partial charge in [-0.2, -0.15) is 0 Å². The van der Waals surface area contributed by atoms with E-state index < -0.39 is 0 Å². The molecular weight excluding hydrogens is 1270 g/mol. The van der Waals surface area contributed by atoms with Gasteiger partial charge in [0, 0.05) is 83.5 Å². The lowest BCUT2D eigenvalue weighted by atomic mass is 9.98. The van der Waals surface area contributed by atoms with Crippen molar-refractivity contribution in [1.29, 1.82) is 0 Å². The Balaban J connectivity index is 0.000000158. The average Bonchev–Trinajstić information content (AvgIpc) is 1.73. The molecule has 7 aliphatic rings. The first kappa shape index (κ1) is 80.7. The third kappa shape index (κ3) is 19.8. The Morgan fingerprint density at radius 3 is 1.13 bits per heavy atom. The first-order valence-electron chi connectivity index (χ1n) is 42.0. The van der Waals surface area contributed by atoms with Crippen LogP contribution in [0.5, 0.6) is 0 Å². The summed E-state index contributed by atoms with van der Waals surface area (Å²) >= 11 is 0. The van der Waals surface area contributed by atoms with E-state index in [1.54, 1.807) is 43.6 Å². The number of benzene rings is 5. The fourth-order valence-electron chi connectivity index (χ4n) is 19.8. The quantitative estimate of drug-likeness (QED) is 0.0557. The summed E-state index contributed by atoms with van der Waals surface area (Å²) < 4.78 is 0. The second-order valence-electron chi connectivity index (χ2n) is 33.2. The molecule has 0 spiro atoms. The van der Waals surface area contributed by atoms with Gasteiger partial charge in [-0.3, -0.25) is 9.89 Å². The first-order valence-corrected chi connectivity index (χ1v) is 45.4. The van der Waals surface area contributed by atoms with Crippen molar-refractivity contribution in [2.24, 2.45) is 34.6 Å². The molecule has 0 radical (unpaired) electrons. The van der Waals surface area contributed by atoms with Crippen LogP contribution in [0.2, 0.25) is 0 Å². The molecule has 0 saturated carbocycles. The number of likely N-dealkylation sites (tertiary alicyclic amines) is 1. The summed E-state index contributed by atoms with van der Waals surface area (Å²) in [5.41, 5.74) is 15.2. The van der Waals surface area contributed by atoms with Crippen molar-refractivity contribution < 1.29 is 0 Å². The molecule has 9 heteroatoms. The number of rotatable bonds is 26. The zero-order chi connectivity index (χ0) is 72.3. The number of hydrogen-bond donors (Lipinski definition) is 1. The van der Waals surface area contributed by atoms with Gasteiger partial charge in [0.25, 0.3) is 0 Å². The van der Waals surface area contributed by atoms with E-state index in [-0.39, 0.29) is 0 Å². The highest BCUT2D eigenvalue weighted by Gasteiger charge is 2.42. The van der Waals surface area contributed by atoms with Crippen LogP contribution in [0.3, 0.4) is 0 Å². The molecule has 0 aliphatic carbocycles. The Kier molecular flexibility index (Phi) is 31.8. The van der Waals surface area contributed by atoms with Crippen LogP contribution >= 0.6 is 15.8 Å². The zero-order valence-electron chi connectivity index (χ0n) is 67.3. The first-order chi connectivity index (χ1) is 48.9. The molecule has 0 aromatic heterocycles. The molecule has 7 nitrogen and oxygen atoms in total. The largest absolute Gasteiger partial charge is 0.365 e. The third-order valence-corrected chi connectivity index (χ3v) is 33.8. The monoisotopic (exact) mass is 1410 g/mol. The number of nitrogens with one attached hydrogen (secondary N) is 1. The summed E-state index contributed by atoms with van der Waals surface area (Å²) in [4.78, 5) is 18.4. The highest BCUT2D eigenvalue weighted by Crippen LogP contribution is 2.63. The molecule has 12 rings (SSSR count). The zero-order valence-corrected chi connectivity index (χ0v) is 69.1. The van der Waals surface area contributed by atoms with Crippen molar-refractivity contribution in [2.45, 2.75) is 336 Å². The molecule has 1 N–H and O–H groups in total. The molecule has 7 aliphatic heterocycles. The Bertz CT molecular complexity index is 3010. The van der Waals surface area contributed by atoms with E-state index in [1.807, 2.05) is 0 Å². The molecule has 101 heavy (non-hydrogen) atoms. The normalized spacial score (nSPS) is 28.0. The van der Waals surface area contributed by atoms with Gasteiger partial charge >= 0.3 is 0 Å². The summed E-state index contributed by atoms with van der Waals surface area (Å²) in [6, 6.07) is 54.2. The number of hydrogen-bond acceptors (Lipinski definition) is 7. The molecule has 5 aromatic rings. The molecule has 5 aromatic carbocycles. The van der Waals surface area contributed by atoms with Crippen LogP contribution in [-0.4, -0.2) is 113 Å². The number of anilines is 6. The van der Waals surface area contributed by atoms with Crippen LogP contribution in [0.1, 0.15) is 264 Å². The van der Waals surface area contributed by atoms with Crippen LogP contribution in [-0.2, 0) is 6.42 Å². The van der Waals surface area contributed by atoms with Crippen molar-refractivity contribution in [3.05, 3.63) is 145 Å². The fraction of sp³-hybridized carbons (Fsp3) is 0.663. The molecule has 13 atom stereocenters. The molecule has 0 amide bonds. The van der Waals surface area contributed by atoms with E-state index in [0.717, 1.165) is 106 Å². The van der Waals surface area contributed by atoms with Gasteiger partial charge in [-0.15, -0.1) is 15.8 Å². The molecule has 6 saturated heterocycles. The Morgan fingerprint density at radius 1 is 0.386 bits per heavy atom. The van der Waals surface area contributed by atoms with Gasteiger partial charge in [0.1, 0.15) is 5.84 Å². The van der Waals surface area contributed by atoms with Crippen molar-refractivity contribution >= 4 is 55.8 Å². The summed E-state index contributed by atoms with van der Waals surface area (Å²) in [5, 5.41) is 3.63. The van der Waals surface area contributed by atoms with Crippen molar-refractivity contribution in [3.63, 3.8) is 0 Å². The second-order valence-corrected chi connectivity index (χ2v) is 39.1. The van der Waals surface area contributed by atoms with Crippen molar-refractivity contribution in [3.8, 4) is 0 Å². The van der Waals surface area contributed by atoms with Gasteiger partial charge in [0.2, 0.25) is 0 Å². The standard InChI is InChI=1S/C28H48N2.C24H25N3.C22H36N2.C18H36P2/c1-19(2)24-13-14-25(20(3)4)29(24)18-17-23-11-9-10-12-28(23)30-26(21(5)6)15-16-27(30)22(7)8;1-18(2)22-17-25-24(26-22)21-15-9-10-16-23(21)27(19-11-5-3-6-12-19)20-13-7-4-8-14-20;1-5-17-13-14-18(6-2)23(17)21-11-9-10-12-22(21)24-19(7-3)15-16-20(24)8-4;1-5-15-9-10-16(6-2)19(15)13-14-20-17(7-3)11-12-18(20)8-4/h9-12,19-22,24-27H,13-18H2,1-8H3;3-16,18,22H,17H2,1-2H3,(H,25,26);9-12,17-20H,5-8,13-16H2,1-4H3;15-18H,5-14H2,1-4H3/t24-,25?,26-,27?;22-;17-,18?,19-,20?;/m100./s1. The van der Waals surface area contributed by atoms with Gasteiger partial charge in [0.15, 0.2) is 0 Å². The van der Waals surface area contributed by atoms with Crippen LogP contribution in [0.15, 0.2) is 138 Å². The molecule has 6 fully saturated rings. The van der Waals surface area contributed by atoms with Crippen LogP contribution in [0.25, 0.3) is 0 Å². The predicted octanol–water partition coefficient (Wildman–Crippen LogP) is 25.2. The minimum atomic E-state index is 0.380. The lowest BCUT2D eigenvalue weighted by Gasteiger charge is -2.39. The third-order valence-electron chi connectivity index (χ3n) is 25.7. The number of nitrogens with zero attached hydrogens (tertiary/aromatic N) is 6. The van der Waals surface area contributed by atoms with E-state index in [0.29, 0.717) is 51.7 Å². The molecule has 8 unspecified atom stereocenters. The highest BCUT2D eigenvalue weighted by molar-refractivity contribution is 7.63. The Morgan fingerprint density at radius 2 is 0.752 bits per heavy atom. The van der Waals surface area contributed by atoms with Gasteiger partial charge in [-0.05, 0) is 260 Å². The van der Waals surface area contributed by atoms with E-state index in [9.17, 15) is 0 Å². The maximum absolute atomic E-state index is 4.82. The van der Waals surface area contributed by atoms with Crippen LogP contribution < -0.4 is 24.9 Å². The van der Waals surface area contributed by atoms with Gasteiger partial charge in [-0.1, -0.05) is 203 Å². The molecular formula is C92H145N7P2. The molecule has 558 valence electrons. The van der Waals surface area contributed by atoms with Gasteiger partial charge < -0.3 is 24.9 Å². The number of para-hydroxylation sites is 6. The van der Waals surface area contributed by atoms with E-state index >= 15 is 0 Å². The molecule has 7 heterocycles.